The molecule has 0 aromatic rings. The summed E-state index contributed by atoms with van der Waals surface area (Å²) in [6.07, 6.45) is 8.76. The molecule has 6 nitrogen and oxygen atoms in total. The Kier molecular flexibility index (Phi) is 6.96. The molecule has 0 saturated carbocycles. The summed E-state index contributed by atoms with van der Waals surface area (Å²) in [6, 6.07) is 0.489. The predicted octanol–water partition coefficient (Wildman–Crippen LogP) is 1.28. The largest absolute Gasteiger partial charge is 0.381 e. The summed E-state index contributed by atoms with van der Waals surface area (Å²) < 4.78 is 5.46. The van der Waals surface area contributed by atoms with Gasteiger partial charge in [0.1, 0.15) is 0 Å². The molecule has 3 saturated heterocycles. The third-order valence-electron chi connectivity index (χ3n) is 6.32. The molecular formula is C19H37N5O. The van der Waals surface area contributed by atoms with Gasteiger partial charge in [-0.2, -0.15) is 0 Å². The molecule has 3 aliphatic rings. The van der Waals surface area contributed by atoms with Crippen molar-refractivity contribution >= 4 is 5.96 Å². The molecule has 0 aromatic carbocycles. The Hall–Kier alpha value is -0.850. The molecule has 3 aliphatic heterocycles. The van der Waals surface area contributed by atoms with Crippen molar-refractivity contribution in [3.8, 4) is 0 Å². The fourth-order valence-electron chi connectivity index (χ4n) is 4.49. The van der Waals surface area contributed by atoms with Crippen molar-refractivity contribution < 1.29 is 4.74 Å². The zero-order valence-electron chi connectivity index (χ0n) is 16.2. The number of piperidine rings is 2. The minimum absolute atomic E-state index is 0.292. The molecule has 2 N–H and O–H groups in total. The number of nitrogens with one attached hydrogen (secondary N) is 2. The van der Waals surface area contributed by atoms with Crippen molar-refractivity contribution in [3.63, 3.8) is 0 Å². The van der Waals surface area contributed by atoms with Crippen LogP contribution in [0.5, 0.6) is 0 Å². The quantitative estimate of drug-likeness (QED) is 0.590. The average Bonchev–Trinajstić information content (AvgIpc) is 2.68. The van der Waals surface area contributed by atoms with E-state index < -0.39 is 0 Å². The molecule has 0 unspecified atom stereocenters. The second kappa shape index (κ2) is 9.19. The molecule has 0 aliphatic carbocycles. The van der Waals surface area contributed by atoms with Gasteiger partial charge in [0.2, 0.25) is 0 Å². The van der Waals surface area contributed by atoms with Crippen LogP contribution in [0.2, 0.25) is 0 Å². The van der Waals surface area contributed by atoms with Gasteiger partial charge in [0.25, 0.3) is 0 Å². The fraction of sp³-hybridized carbons (Fsp3) is 0.947. The normalized spacial score (nSPS) is 27.2. The van der Waals surface area contributed by atoms with Crippen LogP contribution >= 0.6 is 0 Å². The first-order chi connectivity index (χ1) is 12.2. The SMILES string of the molecule is CN=C(NCC1(N2CCCCC2)CCN(C)CC1)NC1CCOCC1. The molecular weight excluding hydrogens is 314 g/mol. The Morgan fingerprint density at radius 3 is 2.40 bits per heavy atom. The number of hydrogen-bond donors (Lipinski definition) is 2. The van der Waals surface area contributed by atoms with Gasteiger partial charge in [0.05, 0.1) is 0 Å². The van der Waals surface area contributed by atoms with E-state index in [0.29, 0.717) is 11.6 Å². The Morgan fingerprint density at radius 2 is 1.76 bits per heavy atom. The van der Waals surface area contributed by atoms with E-state index in [2.05, 4.69) is 32.5 Å². The molecule has 3 rings (SSSR count). The average molecular weight is 352 g/mol. The van der Waals surface area contributed by atoms with E-state index in [4.69, 9.17) is 4.74 Å². The van der Waals surface area contributed by atoms with Crippen LogP contribution in [-0.2, 0) is 4.74 Å². The van der Waals surface area contributed by atoms with Crippen molar-refractivity contribution in [1.29, 1.82) is 0 Å². The Morgan fingerprint density at radius 1 is 1.08 bits per heavy atom. The molecule has 0 atom stereocenters. The van der Waals surface area contributed by atoms with Gasteiger partial charge in [-0.15, -0.1) is 0 Å². The van der Waals surface area contributed by atoms with E-state index in [9.17, 15) is 0 Å². The van der Waals surface area contributed by atoms with Crippen LogP contribution in [0, 0.1) is 0 Å². The van der Waals surface area contributed by atoms with Crippen molar-refractivity contribution in [1.82, 2.24) is 20.4 Å². The molecule has 0 aromatic heterocycles. The highest BCUT2D eigenvalue weighted by atomic mass is 16.5. The Balaban J connectivity index is 1.58. The summed E-state index contributed by atoms with van der Waals surface area (Å²) in [5.41, 5.74) is 0.292. The maximum absolute atomic E-state index is 5.46. The fourth-order valence-corrected chi connectivity index (χ4v) is 4.49. The van der Waals surface area contributed by atoms with E-state index in [1.54, 1.807) is 0 Å². The second-order valence-electron chi connectivity index (χ2n) is 8.03. The molecule has 3 heterocycles. The van der Waals surface area contributed by atoms with Gasteiger partial charge in [-0.1, -0.05) is 6.42 Å². The number of hydrogen-bond acceptors (Lipinski definition) is 4. The van der Waals surface area contributed by atoms with Crippen molar-refractivity contribution in [2.24, 2.45) is 4.99 Å². The molecule has 25 heavy (non-hydrogen) atoms. The highest BCUT2D eigenvalue weighted by molar-refractivity contribution is 5.80. The summed E-state index contributed by atoms with van der Waals surface area (Å²) in [6.45, 7) is 7.64. The summed E-state index contributed by atoms with van der Waals surface area (Å²) in [7, 11) is 4.13. The van der Waals surface area contributed by atoms with Crippen LogP contribution < -0.4 is 10.6 Å². The van der Waals surface area contributed by atoms with Gasteiger partial charge in [-0.25, -0.2) is 0 Å². The van der Waals surface area contributed by atoms with Crippen LogP contribution in [0.1, 0.15) is 44.9 Å². The molecule has 0 spiro atoms. The van der Waals surface area contributed by atoms with E-state index in [0.717, 1.165) is 38.6 Å². The molecule has 3 fully saturated rings. The van der Waals surface area contributed by atoms with Gasteiger partial charge in [-0.3, -0.25) is 9.89 Å². The summed E-state index contributed by atoms with van der Waals surface area (Å²) in [5.74, 6) is 0.960. The Labute approximate surface area is 153 Å². The van der Waals surface area contributed by atoms with Crippen molar-refractivity contribution in [2.45, 2.75) is 56.5 Å². The topological polar surface area (TPSA) is 52.1 Å². The Bertz CT molecular complexity index is 422. The lowest BCUT2D eigenvalue weighted by Gasteiger charge is -2.50. The summed E-state index contributed by atoms with van der Waals surface area (Å²) in [4.78, 5) is 9.73. The van der Waals surface area contributed by atoms with Crippen LogP contribution in [0.25, 0.3) is 0 Å². The van der Waals surface area contributed by atoms with Gasteiger partial charge in [0, 0.05) is 38.4 Å². The minimum atomic E-state index is 0.292. The van der Waals surface area contributed by atoms with Crippen molar-refractivity contribution in [2.75, 3.05) is 60.0 Å². The number of rotatable bonds is 4. The van der Waals surface area contributed by atoms with Crippen LogP contribution in [0.4, 0.5) is 0 Å². The zero-order valence-corrected chi connectivity index (χ0v) is 16.2. The third kappa shape index (κ3) is 5.08. The monoisotopic (exact) mass is 351 g/mol. The lowest BCUT2D eigenvalue weighted by Crippen LogP contribution is -2.62. The van der Waals surface area contributed by atoms with Crippen LogP contribution in [0.15, 0.2) is 4.99 Å². The summed E-state index contributed by atoms with van der Waals surface area (Å²) >= 11 is 0. The minimum Gasteiger partial charge on any atom is -0.381 e. The molecule has 6 heteroatoms. The third-order valence-corrected chi connectivity index (χ3v) is 6.32. The van der Waals surface area contributed by atoms with E-state index >= 15 is 0 Å². The van der Waals surface area contributed by atoms with E-state index in [-0.39, 0.29) is 0 Å². The lowest BCUT2D eigenvalue weighted by molar-refractivity contribution is 0.0172. The maximum atomic E-state index is 5.46. The van der Waals surface area contributed by atoms with Gasteiger partial charge in [0.15, 0.2) is 5.96 Å². The van der Waals surface area contributed by atoms with Gasteiger partial charge in [-0.05, 0) is 71.8 Å². The first kappa shape index (κ1) is 18.9. The smallest absolute Gasteiger partial charge is 0.191 e. The highest BCUT2D eigenvalue weighted by Gasteiger charge is 2.39. The number of guanidine groups is 1. The number of aliphatic imine (C=N–C) groups is 1. The predicted molar refractivity (Wildman–Crippen MR) is 103 cm³/mol. The molecule has 0 bridgehead atoms. The lowest BCUT2D eigenvalue weighted by atomic mass is 9.84. The van der Waals surface area contributed by atoms with Crippen LogP contribution in [-0.4, -0.2) is 87.4 Å². The second-order valence-corrected chi connectivity index (χ2v) is 8.03. The highest BCUT2D eigenvalue weighted by Crippen LogP contribution is 2.30. The van der Waals surface area contributed by atoms with Gasteiger partial charge >= 0.3 is 0 Å². The number of ether oxygens (including phenoxy) is 1. The van der Waals surface area contributed by atoms with E-state index in [1.165, 1.54) is 58.3 Å². The molecule has 144 valence electrons. The zero-order chi connectivity index (χ0) is 17.5. The molecule has 0 radical (unpaired) electrons. The molecule has 0 amide bonds. The number of likely N-dealkylation sites (tertiary alicyclic amines) is 2. The van der Waals surface area contributed by atoms with Crippen LogP contribution in [0.3, 0.4) is 0 Å². The standard InChI is InChI=1S/C19H37N5O/c1-20-18(22-17-6-14-25-15-7-17)21-16-19(8-12-23(2)13-9-19)24-10-4-3-5-11-24/h17H,3-16H2,1-2H3,(H2,20,21,22). The number of nitrogens with zero attached hydrogens (tertiary/aromatic N) is 3. The van der Waals surface area contributed by atoms with E-state index in [1.807, 2.05) is 7.05 Å². The first-order valence-electron chi connectivity index (χ1n) is 10.2. The van der Waals surface area contributed by atoms with Crippen molar-refractivity contribution in [3.05, 3.63) is 0 Å². The first-order valence-corrected chi connectivity index (χ1v) is 10.2. The van der Waals surface area contributed by atoms with Gasteiger partial charge < -0.3 is 20.3 Å². The maximum Gasteiger partial charge on any atom is 0.191 e. The summed E-state index contributed by atoms with van der Waals surface area (Å²) in [5, 5.41) is 7.28.